The van der Waals surface area contributed by atoms with E-state index < -0.39 is 17.9 Å². The van der Waals surface area contributed by atoms with Gasteiger partial charge in [0.2, 0.25) is 0 Å². The molecule has 5 N–H and O–H groups in total. The number of aromatic amines is 1. The summed E-state index contributed by atoms with van der Waals surface area (Å²) in [6.45, 7) is 3.89. The van der Waals surface area contributed by atoms with Gasteiger partial charge in [-0.05, 0) is 12.3 Å². The molecule has 1 aromatic heterocycles. The maximum Gasteiger partial charge on any atom is 0.305 e. The molecule has 0 aliphatic carbocycles. The van der Waals surface area contributed by atoms with Crippen LogP contribution >= 0.6 is 11.6 Å². The third-order valence-electron chi connectivity index (χ3n) is 2.47. The van der Waals surface area contributed by atoms with Crippen LogP contribution < -0.4 is 11.1 Å². The Morgan fingerprint density at radius 3 is 2.58 bits per heavy atom. The third kappa shape index (κ3) is 4.44. The second kappa shape index (κ2) is 6.42. The molecule has 1 atom stereocenters. The van der Waals surface area contributed by atoms with Gasteiger partial charge in [0.1, 0.15) is 10.7 Å². The molecule has 0 aliphatic rings. The van der Waals surface area contributed by atoms with Gasteiger partial charge >= 0.3 is 5.97 Å². The number of nitrogens with zero attached hydrogens (tertiary/aromatic N) is 1. The summed E-state index contributed by atoms with van der Waals surface area (Å²) in [5, 5.41) is 17.5. The predicted octanol–water partition coefficient (Wildman–Crippen LogP) is 1.26. The first kappa shape index (κ1) is 15.3. The summed E-state index contributed by atoms with van der Waals surface area (Å²) >= 11 is 5.80. The van der Waals surface area contributed by atoms with Crippen molar-refractivity contribution >= 4 is 29.3 Å². The molecule has 0 spiro atoms. The van der Waals surface area contributed by atoms with Crippen LogP contribution in [0.25, 0.3) is 0 Å². The third-order valence-corrected chi connectivity index (χ3v) is 2.85. The number of nitrogen functional groups attached to an aromatic ring is 1. The first-order chi connectivity index (χ1) is 8.81. The monoisotopic (exact) mass is 288 g/mol. The van der Waals surface area contributed by atoms with Gasteiger partial charge in [0.25, 0.3) is 5.91 Å². The fourth-order valence-corrected chi connectivity index (χ4v) is 1.89. The lowest BCUT2D eigenvalue weighted by atomic mass is 10.0. The quantitative estimate of drug-likeness (QED) is 0.628. The highest BCUT2D eigenvalue weighted by Crippen LogP contribution is 2.20. The highest BCUT2D eigenvalue weighted by molar-refractivity contribution is 6.35. The van der Waals surface area contributed by atoms with Crippen LogP contribution in [0.3, 0.4) is 0 Å². The molecule has 0 bridgehead atoms. The van der Waals surface area contributed by atoms with Crippen molar-refractivity contribution in [2.75, 3.05) is 5.73 Å². The van der Waals surface area contributed by atoms with Gasteiger partial charge in [-0.3, -0.25) is 14.7 Å². The minimum atomic E-state index is -0.971. The Morgan fingerprint density at radius 1 is 1.53 bits per heavy atom. The molecule has 0 aliphatic heterocycles. The van der Waals surface area contributed by atoms with Crippen molar-refractivity contribution in [1.29, 1.82) is 0 Å². The zero-order valence-electron chi connectivity index (χ0n) is 10.7. The van der Waals surface area contributed by atoms with Crippen molar-refractivity contribution in [2.45, 2.75) is 32.7 Å². The molecular formula is C11H17ClN4O3. The molecule has 0 aromatic carbocycles. The molecule has 0 saturated carbocycles. The van der Waals surface area contributed by atoms with Gasteiger partial charge in [0.15, 0.2) is 5.82 Å². The van der Waals surface area contributed by atoms with Crippen molar-refractivity contribution in [1.82, 2.24) is 15.5 Å². The number of H-pyrrole nitrogens is 1. The number of anilines is 1. The van der Waals surface area contributed by atoms with Crippen molar-refractivity contribution < 1.29 is 14.7 Å². The van der Waals surface area contributed by atoms with Gasteiger partial charge < -0.3 is 16.2 Å². The number of carboxylic acid groups (broad SMARTS) is 1. The number of hydrogen-bond donors (Lipinski definition) is 4. The molecule has 0 saturated heterocycles. The predicted molar refractivity (Wildman–Crippen MR) is 71.0 cm³/mol. The van der Waals surface area contributed by atoms with E-state index in [1.54, 1.807) is 0 Å². The number of aliphatic carboxylic acids is 1. The smallest absolute Gasteiger partial charge is 0.305 e. The Balaban J connectivity index is 2.75. The first-order valence-electron chi connectivity index (χ1n) is 5.83. The fourth-order valence-electron chi connectivity index (χ4n) is 1.72. The zero-order valence-corrected chi connectivity index (χ0v) is 11.5. The Morgan fingerprint density at radius 2 is 2.16 bits per heavy atom. The Bertz CT molecular complexity index is 473. The molecule has 0 fully saturated rings. The van der Waals surface area contributed by atoms with Crippen LogP contribution in [-0.2, 0) is 4.79 Å². The van der Waals surface area contributed by atoms with Gasteiger partial charge in [-0.15, -0.1) is 0 Å². The highest BCUT2D eigenvalue weighted by atomic mass is 35.5. The first-order valence-corrected chi connectivity index (χ1v) is 6.21. The van der Waals surface area contributed by atoms with E-state index in [1.165, 1.54) is 0 Å². The maximum absolute atomic E-state index is 11.9. The minimum Gasteiger partial charge on any atom is -0.481 e. The number of nitrogens with two attached hydrogens (primary N) is 1. The number of carboxylic acids is 1. The molecule has 1 amide bonds. The van der Waals surface area contributed by atoms with Gasteiger partial charge in [-0.2, -0.15) is 5.10 Å². The molecule has 1 heterocycles. The summed E-state index contributed by atoms with van der Waals surface area (Å²) in [4.78, 5) is 22.7. The van der Waals surface area contributed by atoms with Crippen LogP contribution in [0.5, 0.6) is 0 Å². The second-order valence-corrected chi connectivity index (χ2v) is 5.07. The number of amides is 1. The average molecular weight is 289 g/mol. The average Bonchev–Trinajstić information content (AvgIpc) is 2.57. The van der Waals surface area contributed by atoms with Gasteiger partial charge in [-0.25, -0.2) is 0 Å². The molecule has 1 aromatic rings. The second-order valence-electron chi connectivity index (χ2n) is 4.70. The van der Waals surface area contributed by atoms with Crippen LogP contribution in [-0.4, -0.2) is 33.2 Å². The van der Waals surface area contributed by atoms with Gasteiger partial charge in [-0.1, -0.05) is 25.4 Å². The standard InChI is InChI=1S/C11H17ClN4O3/c1-5(2)3-6(4-7(17)18)14-11(19)9-8(12)10(13)16-15-9/h5-6H,3-4H2,1-2H3,(H,14,19)(H,17,18)(H3,13,15,16). The lowest BCUT2D eigenvalue weighted by Crippen LogP contribution is -2.37. The molecule has 7 nitrogen and oxygen atoms in total. The number of aromatic nitrogens is 2. The van der Waals surface area contributed by atoms with Crippen molar-refractivity contribution in [3.8, 4) is 0 Å². The lowest BCUT2D eigenvalue weighted by molar-refractivity contribution is -0.137. The molecule has 1 rings (SSSR count). The van der Waals surface area contributed by atoms with E-state index in [2.05, 4.69) is 15.5 Å². The summed E-state index contributed by atoms with van der Waals surface area (Å²) in [5.41, 5.74) is 5.46. The number of nitrogens with one attached hydrogen (secondary N) is 2. The van der Waals surface area contributed by atoms with E-state index in [9.17, 15) is 9.59 Å². The SMILES string of the molecule is CC(C)CC(CC(=O)O)NC(=O)c1[nH]nc(N)c1Cl. The number of hydrogen-bond acceptors (Lipinski definition) is 4. The van der Waals surface area contributed by atoms with Crippen LogP contribution in [0, 0.1) is 5.92 Å². The molecule has 19 heavy (non-hydrogen) atoms. The van der Waals surface area contributed by atoms with Crippen LogP contribution in [0.2, 0.25) is 5.02 Å². The summed E-state index contributed by atoms with van der Waals surface area (Å²) < 4.78 is 0. The minimum absolute atomic E-state index is 0.0328. The van der Waals surface area contributed by atoms with Crippen molar-refractivity contribution in [3.63, 3.8) is 0 Å². The summed E-state index contributed by atoms with van der Waals surface area (Å²) in [7, 11) is 0. The van der Waals surface area contributed by atoms with E-state index in [-0.39, 0.29) is 28.9 Å². The fraction of sp³-hybridized carbons (Fsp3) is 0.545. The number of halogens is 1. The summed E-state index contributed by atoms with van der Waals surface area (Å²) in [6.07, 6.45) is 0.407. The summed E-state index contributed by atoms with van der Waals surface area (Å²) in [5.74, 6) is -1.19. The van der Waals surface area contributed by atoms with E-state index >= 15 is 0 Å². The largest absolute Gasteiger partial charge is 0.481 e. The molecule has 106 valence electrons. The van der Waals surface area contributed by atoms with Crippen LogP contribution in [0.4, 0.5) is 5.82 Å². The van der Waals surface area contributed by atoms with Crippen molar-refractivity contribution in [2.24, 2.45) is 5.92 Å². The lowest BCUT2D eigenvalue weighted by Gasteiger charge is -2.18. The van der Waals surface area contributed by atoms with E-state index in [0.29, 0.717) is 6.42 Å². The van der Waals surface area contributed by atoms with Crippen LogP contribution in [0.15, 0.2) is 0 Å². The normalized spacial score (nSPS) is 12.4. The highest BCUT2D eigenvalue weighted by Gasteiger charge is 2.21. The molecular weight excluding hydrogens is 272 g/mol. The Kier molecular flexibility index (Phi) is 5.17. The number of rotatable bonds is 6. The van der Waals surface area contributed by atoms with E-state index in [1.807, 2.05) is 13.8 Å². The van der Waals surface area contributed by atoms with E-state index in [0.717, 1.165) is 0 Å². The molecule has 0 radical (unpaired) electrons. The summed E-state index contributed by atoms with van der Waals surface area (Å²) in [6, 6.07) is -0.467. The van der Waals surface area contributed by atoms with Gasteiger partial charge in [0.05, 0.1) is 6.42 Å². The topological polar surface area (TPSA) is 121 Å². The number of carbonyl (C=O) groups excluding carboxylic acids is 1. The Hall–Kier alpha value is -1.76. The molecule has 8 heteroatoms. The Labute approximate surface area is 115 Å². The van der Waals surface area contributed by atoms with E-state index in [4.69, 9.17) is 22.4 Å². The molecule has 1 unspecified atom stereocenters. The zero-order chi connectivity index (χ0) is 14.6. The van der Waals surface area contributed by atoms with Crippen molar-refractivity contribution in [3.05, 3.63) is 10.7 Å². The van der Waals surface area contributed by atoms with Gasteiger partial charge in [0, 0.05) is 6.04 Å². The van der Waals surface area contributed by atoms with Crippen LogP contribution in [0.1, 0.15) is 37.2 Å². The maximum atomic E-state index is 11.9. The number of carbonyl (C=O) groups is 2.